The van der Waals surface area contributed by atoms with Crippen LogP contribution < -0.4 is 10.2 Å². The molecule has 0 radical (unpaired) electrons. The molecule has 0 bridgehead atoms. The predicted octanol–water partition coefficient (Wildman–Crippen LogP) is 4.43. The Bertz CT molecular complexity index is 1240. The summed E-state index contributed by atoms with van der Waals surface area (Å²) in [5, 5.41) is 6.74. The van der Waals surface area contributed by atoms with E-state index in [4.69, 9.17) is 4.52 Å². The average molecular weight is 446 g/mol. The standard InChI is InChI=1S/C24H23FN6O2/c1-15-28-24(33-30-15)18-4-7-22(20(25)12-18)31-10-8-17(9-11-31)23(32)29-19-5-2-16(3-6-19)21-13-26-14-27-21/h2-7,12-14,17H,8-11H2,1H3,(H,26,27)(H,29,32). The van der Waals surface area contributed by atoms with Crippen LogP contribution in [-0.2, 0) is 4.79 Å². The summed E-state index contributed by atoms with van der Waals surface area (Å²) in [7, 11) is 0. The third-order valence-corrected chi connectivity index (χ3v) is 5.89. The molecule has 0 unspecified atom stereocenters. The van der Waals surface area contributed by atoms with Crippen LogP contribution in [0.25, 0.3) is 22.7 Å². The maximum atomic E-state index is 14.8. The number of aryl methyl sites for hydroxylation is 1. The minimum Gasteiger partial charge on any atom is -0.369 e. The molecule has 168 valence electrons. The topological polar surface area (TPSA) is 99.9 Å². The van der Waals surface area contributed by atoms with E-state index in [1.165, 1.54) is 6.07 Å². The second kappa shape index (κ2) is 8.85. The predicted molar refractivity (Wildman–Crippen MR) is 122 cm³/mol. The zero-order chi connectivity index (χ0) is 22.8. The molecular formula is C24H23FN6O2. The molecule has 4 aromatic rings. The van der Waals surface area contributed by atoms with Crippen LogP contribution in [0.4, 0.5) is 15.8 Å². The first kappa shape index (κ1) is 20.9. The fourth-order valence-electron chi connectivity index (χ4n) is 4.08. The number of aromatic nitrogens is 4. The lowest BCUT2D eigenvalue weighted by molar-refractivity contribution is -0.120. The van der Waals surface area contributed by atoms with Crippen LogP contribution in [0.5, 0.6) is 0 Å². The Morgan fingerprint density at radius 1 is 1.15 bits per heavy atom. The van der Waals surface area contributed by atoms with E-state index in [-0.39, 0.29) is 17.6 Å². The number of H-pyrrole nitrogens is 1. The number of carbonyl (C=O) groups excluding carboxylic acids is 1. The van der Waals surface area contributed by atoms with E-state index >= 15 is 0 Å². The molecule has 1 amide bonds. The van der Waals surface area contributed by atoms with Crippen molar-refractivity contribution in [2.75, 3.05) is 23.3 Å². The number of hydrogen-bond acceptors (Lipinski definition) is 6. The van der Waals surface area contributed by atoms with Crippen LogP contribution in [0.2, 0.25) is 0 Å². The van der Waals surface area contributed by atoms with Crippen LogP contribution in [0, 0.1) is 18.7 Å². The van der Waals surface area contributed by atoms with Gasteiger partial charge in [-0.25, -0.2) is 9.37 Å². The van der Waals surface area contributed by atoms with Crippen LogP contribution in [0.1, 0.15) is 18.7 Å². The summed E-state index contributed by atoms with van der Waals surface area (Å²) in [5.41, 5.74) is 3.74. The third-order valence-electron chi connectivity index (χ3n) is 5.89. The van der Waals surface area contributed by atoms with Crippen molar-refractivity contribution in [2.24, 2.45) is 5.92 Å². The first-order valence-electron chi connectivity index (χ1n) is 10.8. The quantitative estimate of drug-likeness (QED) is 0.471. The molecule has 1 aliphatic heterocycles. The Balaban J connectivity index is 1.18. The first-order chi connectivity index (χ1) is 16.1. The van der Waals surface area contributed by atoms with Gasteiger partial charge in [-0.1, -0.05) is 17.3 Å². The number of anilines is 2. The highest BCUT2D eigenvalue weighted by Gasteiger charge is 2.26. The van der Waals surface area contributed by atoms with Crippen LogP contribution >= 0.6 is 0 Å². The number of hydrogen-bond donors (Lipinski definition) is 2. The van der Waals surface area contributed by atoms with Gasteiger partial charge in [0.05, 0.1) is 23.9 Å². The fourth-order valence-corrected chi connectivity index (χ4v) is 4.08. The lowest BCUT2D eigenvalue weighted by Crippen LogP contribution is -2.38. The first-order valence-corrected chi connectivity index (χ1v) is 10.8. The molecule has 2 aromatic heterocycles. The number of nitrogens with one attached hydrogen (secondary N) is 2. The van der Waals surface area contributed by atoms with E-state index in [2.05, 4.69) is 25.4 Å². The van der Waals surface area contributed by atoms with Crippen molar-refractivity contribution in [1.82, 2.24) is 20.1 Å². The Hall–Kier alpha value is -4.01. The van der Waals surface area contributed by atoms with E-state index in [0.29, 0.717) is 48.9 Å². The third kappa shape index (κ3) is 4.48. The van der Waals surface area contributed by atoms with Gasteiger partial charge in [0.25, 0.3) is 5.89 Å². The number of piperidine rings is 1. The molecule has 33 heavy (non-hydrogen) atoms. The summed E-state index contributed by atoms with van der Waals surface area (Å²) in [5.74, 6) is 0.335. The molecule has 1 saturated heterocycles. The van der Waals surface area contributed by atoms with Crippen LogP contribution in [0.3, 0.4) is 0 Å². The second-order valence-corrected chi connectivity index (χ2v) is 8.11. The van der Waals surface area contributed by atoms with Crippen molar-refractivity contribution < 1.29 is 13.7 Å². The van der Waals surface area contributed by atoms with Crippen molar-refractivity contribution in [2.45, 2.75) is 19.8 Å². The largest absolute Gasteiger partial charge is 0.369 e. The van der Waals surface area contributed by atoms with Crippen molar-refractivity contribution in [3.63, 3.8) is 0 Å². The van der Waals surface area contributed by atoms with Gasteiger partial charge in [0.15, 0.2) is 5.82 Å². The number of amides is 1. The van der Waals surface area contributed by atoms with Gasteiger partial charge in [0.2, 0.25) is 5.91 Å². The van der Waals surface area contributed by atoms with Gasteiger partial charge < -0.3 is 19.7 Å². The molecule has 2 N–H and O–H groups in total. The lowest BCUT2D eigenvalue weighted by atomic mass is 9.95. The summed E-state index contributed by atoms with van der Waals surface area (Å²) >= 11 is 0. The van der Waals surface area contributed by atoms with Crippen molar-refractivity contribution in [3.8, 4) is 22.7 Å². The molecule has 5 rings (SSSR count). The van der Waals surface area contributed by atoms with Crippen molar-refractivity contribution >= 4 is 17.3 Å². The lowest BCUT2D eigenvalue weighted by Gasteiger charge is -2.33. The minimum atomic E-state index is -0.344. The zero-order valence-electron chi connectivity index (χ0n) is 18.1. The Labute approximate surface area is 189 Å². The highest BCUT2D eigenvalue weighted by Crippen LogP contribution is 2.29. The number of rotatable bonds is 5. The molecular weight excluding hydrogens is 423 g/mol. The van der Waals surface area contributed by atoms with Gasteiger partial charge in [-0.15, -0.1) is 0 Å². The average Bonchev–Trinajstić information content (AvgIpc) is 3.52. The smallest absolute Gasteiger partial charge is 0.258 e. The van der Waals surface area contributed by atoms with E-state index in [1.54, 1.807) is 31.6 Å². The number of benzene rings is 2. The Morgan fingerprint density at radius 2 is 1.91 bits per heavy atom. The molecule has 0 spiro atoms. The number of imidazole rings is 1. The van der Waals surface area contributed by atoms with Crippen LogP contribution in [0.15, 0.2) is 59.5 Å². The van der Waals surface area contributed by atoms with Gasteiger partial charge in [-0.2, -0.15) is 4.98 Å². The van der Waals surface area contributed by atoms with Crippen LogP contribution in [-0.4, -0.2) is 39.1 Å². The fraction of sp³-hybridized carbons (Fsp3) is 0.250. The van der Waals surface area contributed by atoms with E-state index in [9.17, 15) is 9.18 Å². The van der Waals surface area contributed by atoms with E-state index in [1.807, 2.05) is 29.2 Å². The van der Waals surface area contributed by atoms with Crippen molar-refractivity contribution in [3.05, 3.63) is 66.6 Å². The van der Waals surface area contributed by atoms with Gasteiger partial charge in [-0.3, -0.25) is 4.79 Å². The minimum absolute atomic E-state index is 0.00785. The highest BCUT2D eigenvalue weighted by atomic mass is 19.1. The maximum Gasteiger partial charge on any atom is 0.258 e. The molecule has 1 aliphatic rings. The SMILES string of the molecule is Cc1noc(-c2ccc(N3CCC(C(=O)Nc4ccc(-c5cnc[nH]5)cc4)CC3)c(F)c2)n1. The molecule has 9 heteroatoms. The van der Waals surface area contributed by atoms with Gasteiger partial charge in [-0.05, 0) is 55.7 Å². The normalized spacial score (nSPS) is 14.4. The molecule has 1 fully saturated rings. The van der Waals surface area contributed by atoms with E-state index in [0.717, 1.165) is 16.9 Å². The molecule has 3 heterocycles. The number of halogens is 1. The van der Waals surface area contributed by atoms with Crippen molar-refractivity contribution in [1.29, 1.82) is 0 Å². The summed E-state index contributed by atoms with van der Waals surface area (Å²) < 4.78 is 19.9. The summed E-state index contributed by atoms with van der Waals surface area (Å²) in [6, 6.07) is 12.6. The summed E-state index contributed by atoms with van der Waals surface area (Å²) in [4.78, 5) is 25.9. The number of nitrogens with zero attached hydrogens (tertiary/aromatic N) is 4. The molecule has 8 nitrogen and oxygen atoms in total. The van der Waals surface area contributed by atoms with Gasteiger partial charge >= 0.3 is 0 Å². The monoisotopic (exact) mass is 446 g/mol. The summed E-state index contributed by atoms with van der Waals surface area (Å²) in [6.45, 7) is 2.92. The molecule has 0 atom stereocenters. The second-order valence-electron chi connectivity index (χ2n) is 8.11. The van der Waals surface area contributed by atoms with E-state index < -0.39 is 0 Å². The zero-order valence-corrected chi connectivity index (χ0v) is 18.1. The number of carbonyl (C=O) groups is 1. The Morgan fingerprint density at radius 3 is 2.55 bits per heavy atom. The molecule has 0 aliphatic carbocycles. The highest BCUT2D eigenvalue weighted by molar-refractivity contribution is 5.93. The Kier molecular flexibility index (Phi) is 5.60. The maximum absolute atomic E-state index is 14.8. The van der Waals surface area contributed by atoms with Gasteiger partial charge in [0.1, 0.15) is 5.82 Å². The number of aromatic amines is 1. The summed E-state index contributed by atoms with van der Waals surface area (Å²) in [6.07, 6.45) is 4.69. The van der Waals surface area contributed by atoms with Gasteiger partial charge in [0, 0.05) is 30.3 Å². The molecule has 0 saturated carbocycles. The molecule has 2 aromatic carbocycles.